The summed E-state index contributed by atoms with van der Waals surface area (Å²) in [6.45, 7) is 6.03. The number of H-pyrrole nitrogens is 1. The maximum Gasteiger partial charge on any atom is 0.128 e. The molecule has 1 fully saturated rings. The summed E-state index contributed by atoms with van der Waals surface area (Å²) in [6.07, 6.45) is 3.77. The number of rotatable bonds is 4. The van der Waals surface area contributed by atoms with Gasteiger partial charge in [0.05, 0.1) is 11.7 Å². The Hall–Kier alpha value is -3.18. The first-order valence-electron chi connectivity index (χ1n) is 10.2. The van der Waals surface area contributed by atoms with Gasteiger partial charge >= 0.3 is 0 Å². The van der Waals surface area contributed by atoms with Gasteiger partial charge in [-0.25, -0.2) is 4.98 Å². The van der Waals surface area contributed by atoms with Crippen molar-refractivity contribution < 1.29 is 0 Å². The number of anilines is 1. The average Bonchev–Trinajstić information content (AvgIpc) is 3.12. The third-order valence-electron chi connectivity index (χ3n) is 5.84. The van der Waals surface area contributed by atoms with Crippen molar-refractivity contribution in [2.24, 2.45) is 0 Å². The van der Waals surface area contributed by atoms with Crippen molar-refractivity contribution in [3.8, 4) is 0 Å². The molecule has 0 bridgehead atoms. The van der Waals surface area contributed by atoms with Crippen molar-refractivity contribution in [2.45, 2.75) is 13.0 Å². The monoisotopic (exact) mass is 383 g/mol. The van der Waals surface area contributed by atoms with Gasteiger partial charge < -0.3 is 9.88 Å². The molecule has 4 aromatic rings. The summed E-state index contributed by atoms with van der Waals surface area (Å²) in [5, 5.41) is 1.29. The van der Waals surface area contributed by atoms with Crippen LogP contribution in [0.2, 0.25) is 0 Å². The van der Waals surface area contributed by atoms with E-state index in [0.29, 0.717) is 0 Å². The number of benzene rings is 1. The van der Waals surface area contributed by atoms with E-state index in [9.17, 15) is 0 Å². The Morgan fingerprint density at radius 3 is 2.28 bits per heavy atom. The predicted octanol–water partition coefficient (Wildman–Crippen LogP) is 4.18. The standard InChI is InChI=1S/C24H25N5/c1-18-23(19-8-2-3-9-20(19)27-18)24(21-10-4-6-12-25-21)29-16-14-28(15-17-29)22-11-5-7-13-26-22/h2-13,24,27H,14-17H2,1H3. The summed E-state index contributed by atoms with van der Waals surface area (Å²) in [5.74, 6) is 1.06. The number of piperazine rings is 1. The smallest absolute Gasteiger partial charge is 0.128 e. The maximum absolute atomic E-state index is 4.75. The first-order chi connectivity index (χ1) is 14.3. The molecule has 0 radical (unpaired) electrons. The zero-order chi connectivity index (χ0) is 19.6. The number of nitrogens with zero attached hydrogens (tertiary/aromatic N) is 4. The van der Waals surface area contributed by atoms with Gasteiger partial charge in [-0.15, -0.1) is 0 Å². The van der Waals surface area contributed by atoms with E-state index in [1.165, 1.54) is 22.2 Å². The van der Waals surface area contributed by atoms with E-state index in [4.69, 9.17) is 4.98 Å². The summed E-state index contributed by atoms with van der Waals surface area (Å²) < 4.78 is 0. The van der Waals surface area contributed by atoms with Crippen LogP contribution in [0.25, 0.3) is 10.9 Å². The Balaban J connectivity index is 1.50. The van der Waals surface area contributed by atoms with Crippen molar-refractivity contribution in [1.29, 1.82) is 0 Å². The molecule has 5 heteroatoms. The second kappa shape index (κ2) is 7.68. The van der Waals surface area contributed by atoms with Crippen molar-refractivity contribution in [3.63, 3.8) is 0 Å². The summed E-state index contributed by atoms with van der Waals surface area (Å²) >= 11 is 0. The zero-order valence-electron chi connectivity index (χ0n) is 16.6. The Morgan fingerprint density at radius 1 is 0.828 bits per heavy atom. The van der Waals surface area contributed by atoms with E-state index in [0.717, 1.165) is 37.7 Å². The SMILES string of the molecule is Cc1[nH]c2ccccc2c1C(c1ccccn1)N1CCN(c2ccccn2)CC1. The number of pyridine rings is 2. The first kappa shape index (κ1) is 17.9. The number of hydrogen-bond donors (Lipinski definition) is 1. The second-order valence-corrected chi connectivity index (χ2v) is 7.58. The van der Waals surface area contributed by atoms with E-state index in [1.807, 2.05) is 24.5 Å². The fourth-order valence-corrected chi connectivity index (χ4v) is 4.46. The molecule has 5 rings (SSSR count). The lowest BCUT2D eigenvalue weighted by atomic mass is 9.97. The van der Waals surface area contributed by atoms with E-state index in [1.54, 1.807) is 0 Å². The Bertz CT molecular complexity index is 1080. The minimum atomic E-state index is 0.137. The summed E-state index contributed by atoms with van der Waals surface area (Å²) in [7, 11) is 0. The zero-order valence-corrected chi connectivity index (χ0v) is 16.6. The van der Waals surface area contributed by atoms with Crippen molar-refractivity contribution in [3.05, 3.63) is 90.0 Å². The van der Waals surface area contributed by atoms with Crippen LogP contribution in [0.3, 0.4) is 0 Å². The molecule has 1 aliphatic heterocycles. The number of nitrogens with one attached hydrogen (secondary N) is 1. The Kier molecular flexibility index (Phi) is 4.74. The molecule has 1 aliphatic rings. The van der Waals surface area contributed by atoms with Crippen LogP contribution in [0.5, 0.6) is 0 Å². The minimum Gasteiger partial charge on any atom is -0.358 e. The van der Waals surface area contributed by atoms with Gasteiger partial charge in [-0.3, -0.25) is 9.88 Å². The van der Waals surface area contributed by atoms with Gasteiger partial charge in [0.1, 0.15) is 5.82 Å². The molecule has 29 heavy (non-hydrogen) atoms. The fourth-order valence-electron chi connectivity index (χ4n) is 4.46. The van der Waals surface area contributed by atoms with Crippen LogP contribution in [0.1, 0.15) is 23.0 Å². The van der Waals surface area contributed by atoms with Crippen molar-refractivity contribution in [2.75, 3.05) is 31.1 Å². The molecule has 1 aromatic carbocycles. The number of fused-ring (bicyclic) bond motifs is 1. The van der Waals surface area contributed by atoms with Gasteiger partial charge in [0.15, 0.2) is 0 Å². The van der Waals surface area contributed by atoms with E-state index < -0.39 is 0 Å². The summed E-state index contributed by atoms with van der Waals surface area (Å²) in [5.41, 5.74) is 4.85. The lowest BCUT2D eigenvalue weighted by Gasteiger charge is -2.39. The molecule has 1 atom stereocenters. The average molecular weight is 383 g/mol. The Morgan fingerprint density at radius 2 is 1.55 bits per heavy atom. The fraction of sp³-hybridized carbons (Fsp3) is 0.250. The molecule has 0 aliphatic carbocycles. The number of hydrogen-bond acceptors (Lipinski definition) is 4. The number of para-hydroxylation sites is 1. The molecular formula is C24H25N5. The first-order valence-corrected chi connectivity index (χ1v) is 10.2. The van der Waals surface area contributed by atoms with Gasteiger partial charge in [-0.1, -0.05) is 30.3 Å². The normalized spacial score (nSPS) is 16.2. The largest absolute Gasteiger partial charge is 0.358 e. The number of aromatic amines is 1. The van der Waals surface area contributed by atoms with E-state index in [2.05, 4.69) is 75.2 Å². The number of aryl methyl sites for hydroxylation is 1. The summed E-state index contributed by atoms with van der Waals surface area (Å²) in [4.78, 5) is 17.8. The van der Waals surface area contributed by atoms with Gasteiger partial charge in [-0.2, -0.15) is 0 Å². The molecule has 1 unspecified atom stereocenters. The molecule has 0 amide bonds. The highest BCUT2D eigenvalue weighted by atomic mass is 15.3. The topological polar surface area (TPSA) is 48.1 Å². The molecule has 0 saturated carbocycles. The minimum absolute atomic E-state index is 0.137. The second-order valence-electron chi connectivity index (χ2n) is 7.58. The molecule has 5 nitrogen and oxygen atoms in total. The maximum atomic E-state index is 4.75. The van der Waals surface area contributed by atoms with E-state index in [-0.39, 0.29) is 6.04 Å². The quantitative estimate of drug-likeness (QED) is 0.574. The highest BCUT2D eigenvalue weighted by molar-refractivity contribution is 5.85. The lowest BCUT2D eigenvalue weighted by molar-refractivity contribution is 0.209. The van der Waals surface area contributed by atoms with Crippen LogP contribution in [0.15, 0.2) is 73.1 Å². The van der Waals surface area contributed by atoms with Crippen LogP contribution in [0, 0.1) is 6.92 Å². The van der Waals surface area contributed by atoms with Crippen LogP contribution < -0.4 is 4.90 Å². The molecule has 4 heterocycles. The van der Waals surface area contributed by atoms with Gasteiger partial charge in [0, 0.05) is 60.7 Å². The van der Waals surface area contributed by atoms with E-state index >= 15 is 0 Å². The van der Waals surface area contributed by atoms with Gasteiger partial charge in [0.25, 0.3) is 0 Å². The van der Waals surface area contributed by atoms with Crippen LogP contribution in [-0.4, -0.2) is 46.0 Å². The molecule has 0 spiro atoms. The number of aromatic nitrogens is 3. The van der Waals surface area contributed by atoms with Crippen LogP contribution in [-0.2, 0) is 0 Å². The molecule has 3 aromatic heterocycles. The third kappa shape index (κ3) is 3.38. The Labute approximate surface area is 171 Å². The highest BCUT2D eigenvalue weighted by Crippen LogP contribution is 2.36. The predicted molar refractivity (Wildman–Crippen MR) is 117 cm³/mol. The molecule has 1 N–H and O–H groups in total. The van der Waals surface area contributed by atoms with Crippen molar-refractivity contribution in [1.82, 2.24) is 19.9 Å². The van der Waals surface area contributed by atoms with Crippen LogP contribution in [0.4, 0.5) is 5.82 Å². The van der Waals surface area contributed by atoms with Gasteiger partial charge in [0.2, 0.25) is 0 Å². The summed E-state index contributed by atoms with van der Waals surface area (Å²) in [6, 6.07) is 21.1. The molecule has 146 valence electrons. The lowest BCUT2D eigenvalue weighted by Crippen LogP contribution is -2.48. The highest BCUT2D eigenvalue weighted by Gasteiger charge is 2.30. The van der Waals surface area contributed by atoms with Gasteiger partial charge in [-0.05, 0) is 37.3 Å². The van der Waals surface area contributed by atoms with Crippen molar-refractivity contribution >= 4 is 16.7 Å². The molecule has 1 saturated heterocycles. The molecular weight excluding hydrogens is 358 g/mol. The van der Waals surface area contributed by atoms with Crippen LogP contribution >= 0.6 is 0 Å². The third-order valence-corrected chi connectivity index (χ3v) is 5.84.